The van der Waals surface area contributed by atoms with Gasteiger partial charge in [0.2, 0.25) is 5.95 Å². The number of aliphatic hydroxyl groups excluding tert-OH is 1. The first kappa shape index (κ1) is 23.7. The third-order valence-corrected chi connectivity index (χ3v) is 5.97. The Kier molecular flexibility index (Phi) is 8.53. The predicted molar refractivity (Wildman–Crippen MR) is 122 cm³/mol. The summed E-state index contributed by atoms with van der Waals surface area (Å²) in [7, 11) is 3.89. The predicted octanol–water partition coefficient (Wildman–Crippen LogP) is 4.85. The van der Waals surface area contributed by atoms with Crippen molar-refractivity contribution < 1.29 is 10.2 Å². The standard InChI is InChI=1S/C24H41N3O2/c1-18(2)11-9-12-19(3)13-10-16-24(4,29)22(28)17-27-21-15-8-7-14-20(21)25-23(27)26(5)6/h7-8,14-15,18-19,22,28-29H,9-13,16-17H2,1-6H3. The maximum absolute atomic E-state index is 10.9. The molecule has 0 saturated heterocycles. The highest BCUT2D eigenvalue weighted by Crippen LogP contribution is 2.27. The zero-order valence-corrected chi connectivity index (χ0v) is 19.2. The van der Waals surface area contributed by atoms with E-state index in [0.29, 0.717) is 18.9 Å². The number of imidazole rings is 1. The van der Waals surface area contributed by atoms with Crippen LogP contribution in [-0.4, -0.2) is 45.6 Å². The van der Waals surface area contributed by atoms with E-state index in [9.17, 15) is 10.2 Å². The first-order valence-corrected chi connectivity index (χ1v) is 11.1. The van der Waals surface area contributed by atoms with Gasteiger partial charge in [-0.1, -0.05) is 65.0 Å². The van der Waals surface area contributed by atoms with Crippen molar-refractivity contribution in [3.63, 3.8) is 0 Å². The lowest BCUT2D eigenvalue weighted by atomic mass is 9.89. The van der Waals surface area contributed by atoms with Crippen LogP contribution in [0.5, 0.6) is 0 Å². The van der Waals surface area contributed by atoms with E-state index in [2.05, 4.69) is 25.8 Å². The molecule has 164 valence electrons. The van der Waals surface area contributed by atoms with Gasteiger partial charge in [-0.05, 0) is 37.3 Å². The third-order valence-electron chi connectivity index (χ3n) is 5.97. The second kappa shape index (κ2) is 10.4. The van der Waals surface area contributed by atoms with Gasteiger partial charge >= 0.3 is 0 Å². The summed E-state index contributed by atoms with van der Waals surface area (Å²) >= 11 is 0. The van der Waals surface area contributed by atoms with E-state index >= 15 is 0 Å². The minimum atomic E-state index is -1.12. The molecule has 0 aliphatic heterocycles. The molecule has 1 heterocycles. The Hall–Kier alpha value is -1.59. The molecule has 3 atom stereocenters. The van der Waals surface area contributed by atoms with Gasteiger partial charge in [0.25, 0.3) is 0 Å². The molecule has 2 N–H and O–H groups in total. The van der Waals surface area contributed by atoms with Gasteiger partial charge in [0.05, 0.1) is 23.2 Å². The zero-order chi connectivity index (χ0) is 21.6. The average molecular weight is 404 g/mol. The first-order chi connectivity index (χ1) is 13.6. The quantitative estimate of drug-likeness (QED) is 0.532. The maximum Gasteiger partial charge on any atom is 0.206 e. The first-order valence-electron chi connectivity index (χ1n) is 11.1. The number of aliphatic hydroxyl groups is 2. The number of hydrogen-bond donors (Lipinski definition) is 2. The number of rotatable bonds is 12. The molecule has 0 spiro atoms. The number of nitrogens with zero attached hydrogens (tertiary/aromatic N) is 3. The lowest BCUT2D eigenvalue weighted by Crippen LogP contribution is -2.42. The monoisotopic (exact) mass is 403 g/mol. The topological polar surface area (TPSA) is 61.5 Å². The SMILES string of the molecule is CC(C)CCCC(C)CCCC(C)(O)C(O)Cn1c(N(C)C)nc2ccccc21. The molecule has 0 fully saturated rings. The van der Waals surface area contributed by atoms with Crippen LogP contribution in [0.3, 0.4) is 0 Å². The van der Waals surface area contributed by atoms with Crippen LogP contribution >= 0.6 is 0 Å². The second-order valence-electron chi connectivity index (χ2n) is 9.60. The number of fused-ring (bicyclic) bond motifs is 1. The van der Waals surface area contributed by atoms with E-state index in [1.54, 1.807) is 6.92 Å². The molecule has 1 aromatic carbocycles. The highest BCUT2D eigenvalue weighted by Gasteiger charge is 2.31. The fourth-order valence-corrected chi connectivity index (χ4v) is 3.95. The molecular weight excluding hydrogens is 362 g/mol. The number of anilines is 1. The summed E-state index contributed by atoms with van der Waals surface area (Å²) in [6.45, 7) is 8.93. The molecule has 0 aliphatic rings. The van der Waals surface area contributed by atoms with Crippen molar-refractivity contribution in [3.8, 4) is 0 Å². The molecule has 0 aliphatic carbocycles. The third kappa shape index (κ3) is 6.71. The van der Waals surface area contributed by atoms with E-state index in [-0.39, 0.29) is 0 Å². The summed E-state index contributed by atoms with van der Waals surface area (Å²) in [6, 6.07) is 7.93. The number of para-hydroxylation sites is 2. The largest absolute Gasteiger partial charge is 0.388 e. The number of aromatic nitrogens is 2. The van der Waals surface area contributed by atoms with E-state index in [0.717, 1.165) is 35.7 Å². The fourth-order valence-electron chi connectivity index (χ4n) is 3.95. The Labute approximate surface area is 176 Å². The van der Waals surface area contributed by atoms with Gasteiger partial charge in [-0.15, -0.1) is 0 Å². The molecule has 1 aromatic heterocycles. The van der Waals surface area contributed by atoms with Crippen molar-refractivity contribution in [1.29, 1.82) is 0 Å². The molecule has 5 heteroatoms. The summed E-state index contributed by atoms with van der Waals surface area (Å²) in [5.74, 6) is 2.23. The minimum absolute atomic E-state index is 0.324. The van der Waals surface area contributed by atoms with Crippen LogP contribution in [0.25, 0.3) is 11.0 Å². The Morgan fingerprint density at radius 3 is 2.38 bits per heavy atom. The molecule has 0 bridgehead atoms. The molecule has 0 amide bonds. The highest BCUT2D eigenvalue weighted by atomic mass is 16.3. The van der Waals surface area contributed by atoms with Crippen molar-refractivity contribution in [1.82, 2.24) is 9.55 Å². The molecule has 3 unspecified atom stereocenters. The lowest BCUT2D eigenvalue weighted by Gasteiger charge is -2.31. The Bertz CT molecular complexity index is 752. The molecule has 5 nitrogen and oxygen atoms in total. The smallest absolute Gasteiger partial charge is 0.206 e. The normalized spacial score (nSPS) is 16.2. The van der Waals surface area contributed by atoms with Gasteiger partial charge in [-0.3, -0.25) is 0 Å². The van der Waals surface area contributed by atoms with Crippen molar-refractivity contribution in [2.75, 3.05) is 19.0 Å². The molecule has 0 radical (unpaired) electrons. The van der Waals surface area contributed by atoms with E-state index in [4.69, 9.17) is 0 Å². The fraction of sp³-hybridized carbons (Fsp3) is 0.708. The molecule has 2 rings (SSSR count). The van der Waals surface area contributed by atoms with Crippen molar-refractivity contribution in [2.24, 2.45) is 11.8 Å². The van der Waals surface area contributed by atoms with E-state index < -0.39 is 11.7 Å². The van der Waals surface area contributed by atoms with Crippen LogP contribution in [0.4, 0.5) is 5.95 Å². The summed E-state index contributed by atoms with van der Waals surface area (Å²) in [6.07, 6.45) is 5.58. The highest BCUT2D eigenvalue weighted by molar-refractivity contribution is 5.78. The average Bonchev–Trinajstić information content (AvgIpc) is 3.00. The van der Waals surface area contributed by atoms with Crippen LogP contribution in [0.2, 0.25) is 0 Å². The van der Waals surface area contributed by atoms with Crippen LogP contribution < -0.4 is 4.90 Å². The van der Waals surface area contributed by atoms with Gasteiger partial charge in [0, 0.05) is 14.1 Å². The Morgan fingerprint density at radius 1 is 1.07 bits per heavy atom. The van der Waals surface area contributed by atoms with Crippen molar-refractivity contribution in [2.45, 2.75) is 84.5 Å². The zero-order valence-electron chi connectivity index (χ0n) is 19.2. The summed E-state index contributed by atoms with van der Waals surface area (Å²) < 4.78 is 2.00. The van der Waals surface area contributed by atoms with E-state index in [1.165, 1.54) is 19.3 Å². The Morgan fingerprint density at radius 2 is 1.72 bits per heavy atom. The molecule has 0 saturated carbocycles. The summed E-state index contributed by atoms with van der Waals surface area (Å²) in [4.78, 5) is 6.61. The van der Waals surface area contributed by atoms with Gasteiger partial charge in [-0.25, -0.2) is 4.98 Å². The summed E-state index contributed by atoms with van der Waals surface area (Å²) in [5.41, 5.74) is 0.759. The van der Waals surface area contributed by atoms with Crippen molar-refractivity contribution >= 4 is 17.0 Å². The van der Waals surface area contributed by atoms with Gasteiger partial charge < -0.3 is 19.7 Å². The molecular formula is C24H41N3O2. The number of hydrogen-bond acceptors (Lipinski definition) is 4. The molecule has 2 aromatic rings. The van der Waals surface area contributed by atoms with Gasteiger partial charge in [0.15, 0.2) is 0 Å². The summed E-state index contributed by atoms with van der Waals surface area (Å²) in [5, 5.41) is 21.8. The number of benzene rings is 1. The molecule has 29 heavy (non-hydrogen) atoms. The van der Waals surface area contributed by atoms with Crippen LogP contribution in [0, 0.1) is 11.8 Å². The second-order valence-corrected chi connectivity index (χ2v) is 9.60. The van der Waals surface area contributed by atoms with Crippen LogP contribution in [0.15, 0.2) is 24.3 Å². The minimum Gasteiger partial charge on any atom is -0.388 e. The van der Waals surface area contributed by atoms with Gasteiger partial charge in [-0.2, -0.15) is 0 Å². The van der Waals surface area contributed by atoms with E-state index in [1.807, 2.05) is 47.8 Å². The van der Waals surface area contributed by atoms with Gasteiger partial charge in [0.1, 0.15) is 6.10 Å². The van der Waals surface area contributed by atoms with Crippen LogP contribution in [-0.2, 0) is 6.54 Å². The maximum atomic E-state index is 10.9. The lowest BCUT2D eigenvalue weighted by molar-refractivity contribution is -0.0746. The van der Waals surface area contributed by atoms with Crippen molar-refractivity contribution in [3.05, 3.63) is 24.3 Å². The van der Waals surface area contributed by atoms with Crippen LogP contribution in [0.1, 0.15) is 66.2 Å². The Balaban J connectivity index is 1.95.